The van der Waals surface area contributed by atoms with Gasteiger partial charge in [-0.3, -0.25) is 48.1 Å². The van der Waals surface area contributed by atoms with Crippen molar-refractivity contribution in [3.63, 3.8) is 0 Å². The maximum absolute atomic E-state index is 13.1. The number of urea groups is 1. The Balaban J connectivity index is 1.68. The van der Waals surface area contributed by atoms with Crippen molar-refractivity contribution in [3.05, 3.63) is 42.0 Å². The second-order valence-corrected chi connectivity index (χ2v) is 13.1. The van der Waals surface area contributed by atoms with Gasteiger partial charge in [-0.15, -0.1) is 0 Å². The van der Waals surface area contributed by atoms with Crippen molar-refractivity contribution in [3.8, 4) is 0 Å². The number of aliphatic carboxylic acids is 1. The van der Waals surface area contributed by atoms with Gasteiger partial charge in [-0.25, -0.2) is 4.79 Å². The zero-order chi connectivity index (χ0) is 45.5. The van der Waals surface area contributed by atoms with Crippen LogP contribution in [0.4, 0.5) is 10.5 Å². The minimum absolute atomic E-state index is 0.0141. The molecule has 1 heterocycles. The van der Waals surface area contributed by atoms with Crippen LogP contribution in [-0.2, 0) is 73.4 Å². The molecule has 9 amide bonds. The summed E-state index contributed by atoms with van der Waals surface area (Å²) in [6.07, 6.45) is 1.72. The van der Waals surface area contributed by atoms with Crippen molar-refractivity contribution < 1.29 is 76.7 Å². The van der Waals surface area contributed by atoms with Crippen LogP contribution in [0, 0.1) is 0 Å². The van der Waals surface area contributed by atoms with Gasteiger partial charge in [-0.2, -0.15) is 0 Å². The highest BCUT2D eigenvalue weighted by molar-refractivity contribution is 6.12. The summed E-state index contributed by atoms with van der Waals surface area (Å²) in [7, 11) is 0. The van der Waals surface area contributed by atoms with Gasteiger partial charge in [0.1, 0.15) is 18.7 Å². The first-order valence-electron chi connectivity index (χ1n) is 19.5. The molecule has 0 aliphatic carbocycles. The van der Waals surface area contributed by atoms with Gasteiger partial charge in [0, 0.05) is 37.2 Å². The van der Waals surface area contributed by atoms with Gasteiger partial charge in [0.2, 0.25) is 29.5 Å². The number of ether oxygens (including phenoxy) is 5. The number of nitrogens with two attached hydrogens (primary N) is 1. The van der Waals surface area contributed by atoms with Crippen LogP contribution < -0.4 is 37.6 Å². The Morgan fingerprint density at radius 1 is 0.677 bits per heavy atom. The van der Waals surface area contributed by atoms with Crippen molar-refractivity contribution >= 4 is 65.5 Å². The maximum Gasteiger partial charge on any atom is 0.312 e. The number of nitrogens with one attached hydrogen (secondary N) is 6. The van der Waals surface area contributed by atoms with E-state index in [0.717, 1.165) is 4.90 Å². The molecule has 0 aromatic heterocycles. The van der Waals surface area contributed by atoms with Crippen LogP contribution in [-0.4, -0.2) is 161 Å². The minimum atomic E-state index is -1.40. The number of hydrogen-bond acceptors (Lipinski definition) is 15. The molecule has 2 rings (SSSR count). The Morgan fingerprint density at radius 2 is 1.23 bits per heavy atom. The number of hydrogen-bond donors (Lipinski definition) is 8. The highest BCUT2D eigenvalue weighted by Crippen LogP contribution is 2.12. The second kappa shape index (κ2) is 30.5. The molecule has 24 nitrogen and oxygen atoms in total. The Bertz CT molecular complexity index is 1680. The van der Waals surface area contributed by atoms with Crippen LogP contribution in [0.25, 0.3) is 0 Å². The van der Waals surface area contributed by atoms with Gasteiger partial charge in [-0.1, -0.05) is 12.1 Å². The number of rotatable bonds is 34. The van der Waals surface area contributed by atoms with E-state index in [0.29, 0.717) is 17.7 Å². The first-order chi connectivity index (χ1) is 29.8. The molecule has 0 saturated heterocycles. The molecule has 1 aromatic rings. The average molecular weight is 879 g/mol. The number of anilines is 1. The molecular weight excluding hydrogens is 824 g/mol. The van der Waals surface area contributed by atoms with Crippen molar-refractivity contribution in [1.82, 2.24) is 31.5 Å². The molecule has 1 aliphatic rings. The van der Waals surface area contributed by atoms with Gasteiger partial charge < -0.3 is 66.4 Å². The van der Waals surface area contributed by atoms with Gasteiger partial charge in [-0.05, 0) is 37.0 Å². The fourth-order valence-electron chi connectivity index (χ4n) is 5.15. The summed E-state index contributed by atoms with van der Waals surface area (Å²) in [5, 5.41) is 23.7. The molecule has 2 atom stereocenters. The van der Waals surface area contributed by atoms with E-state index in [1.165, 1.54) is 12.2 Å². The molecule has 0 radical (unpaired) electrons. The minimum Gasteiger partial charge on any atom is -0.481 e. The molecule has 0 spiro atoms. The Hall–Kier alpha value is -6.50. The molecule has 0 bridgehead atoms. The number of carboxylic acids is 1. The van der Waals surface area contributed by atoms with Crippen LogP contribution >= 0.6 is 0 Å². The standard InChI is InChI=1S/C38H54N8O16/c39-38(57)40-12-1-2-28(37(56)43-27-5-3-26(4-6-27)24-62-25-47)44-32(50)23-42-36(55)29(7-10-35(53)54)45-31(49)22-41-30(48)11-14-58-16-18-60-20-21-61-19-17-59-15-13-46-33(51)8-9-34(46)52/h3-6,8-9,25,28-29H,1-2,7,10-24H2,(H,41,48)(H,42,55)(H,43,56)(H,44,50)(H,45,49)(H,53,54)(H3,39,40,57)/t28-,29-/m0/s1. The lowest BCUT2D eigenvalue weighted by molar-refractivity contribution is -0.139. The molecular formula is C38H54N8O16. The van der Waals surface area contributed by atoms with E-state index in [2.05, 4.69) is 31.9 Å². The van der Waals surface area contributed by atoms with Gasteiger partial charge >= 0.3 is 12.0 Å². The highest BCUT2D eigenvalue weighted by Gasteiger charge is 2.25. The van der Waals surface area contributed by atoms with Crippen LogP contribution in [0.1, 0.15) is 37.7 Å². The quantitative estimate of drug-likeness (QED) is 0.0197. The van der Waals surface area contributed by atoms with Crippen molar-refractivity contribution in [2.45, 2.75) is 50.8 Å². The number of imide groups is 1. The van der Waals surface area contributed by atoms with Crippen molar-refractivity contribution in [2.75, 3.05) is 84.4 Å². The lowest BCUT2D eigenvalue weighted by Gasteiger charge is -2.20. The lowest BCUT2D eigenvalue weighted by Crippen LogP contribution is -2.52. The van der Waals surface area contributed by atoms with E-state index in [1.54, 1.807) is 24.3 Å². The molecule has 9 N–H and O–H groups in total. The summed E-state index contributed by atoms with van der Waals surface area (Å²) >= 11 is 0. The first-order valence-corrected chi connectivity index (χ1v) is 19.5. The van der Waals surface area contributed by atoms with Crippen molar-refractivity contribution in [2.24, 2.45) is 5.73 Å². The molecule has 342 valence electrons. The smallest absolute Gasteiger partial charge is 0.312 e. The fraction of sp³-hybridized carbons (Fsp3) is 0.526. The molecule has 0 saturated carbocycles. The molecule has 0 fully saturated rings. The van der Waals surface area contributed by atoms with E-state index in [4.69, 9.17) is 34.5 Å². The van der Waals surface area contributed by atoms with Crippen LogP contribution in [0.15, 0.2) is 36.4 Å². The van der Waals surface area contributed by atoms with Gasteiger partial charge in [0.05, 0.1) is 72.5 Å². The van der Waals surface area contributed by atoms with Crippen molar-refractivity contribution in [1.29, 1.82) is 0 Å². The number of carboxylic acid groups (broad SMARTS) is 1. The summed E-state index contributed by atoms with van der Waals surface area (Å²) in [5.41, 5.74) is 6.10. The van der Waals surface area contributed by atoms with Crippen LogP contribution in [0.3, 0.4) is 0 Å². The maximum atomic E-state index is 13.1. The zero-order valence-electron chi connectivity index (χ0n) is 34.0. The topological polar surface area (TPSA) is 339 Å². The van der Waals surface area contributed by atoms with E-state index >= 15 is 0 Å². The van der Waals surface area contributed by atoms with Crippen LogP contribution in [0.5, 0.6) is 0 Å². The van der Waals surface area contributed by atoms with Gasteiger partial charge in [0.25, 0.3) is 18.3 Å². The molecule has 62 heavy (non-hydrogen) atoms. The van der Waals surface area contributed by atoms with E-state index < -0.39 is 73.1 Å². The molecule has 24 heteroatoms. The van der Waals surface area contributed by atoms with Crippen LogP contribution in [0.2, 0.25) is 0 Å². The Morgan fingerprint density at radius 3 is 1.79 bits per heavy atom. The third-order valence-corrected chi connectivity index (χ3v) is 8.28. The number of carbonyl (C=O) groups excluding carboxylic acids is 9. The van der Waals surface area contributed by atoms with E-state index in [-0.39, 0.29) is 110 Å². The number of benzene rings is 1. The highest BCUT2D eigenvalue weighted by atomic mass is 16.6. The number of amides is 9. The molecule has 1 aliphatic heterocycles. The monoisotopic (exact) mass is 878 g/mol. The third kappa shape index (κ3) is 23.3. The summed E-state index contributed by atoms with van der Waals surface area (Å²) in [4.78, 5) is 120. The average Bonchev–Trinajstić information content (AvgIpc) is 3.56. The van der Waals surface area contributed by atoms with E-state index in [9.17, 15) is 47.9 Å². The summed E-state index contributed by atoms with van der Waals surface area (Å²) in [6.45, 7) is 1.10. The molecule has 0 unspecified atom stereocenters. The molecule has 1 aromatic carbocycles. The predicted octanol–water partition coefficient (Wildman–Crippen LogP) is -2.81. The van der Waals surface area contributed by atoms with E-state index in [1.807, 2.05) is 0 Å². The van der Waals surface area contributed by atoms with Gasteiger partial charge in [0.15, 0.2) is 0 Å². The normalized spacial score (nSPS) is 12.8. The fourth-order valence-corrected chi connectivity index (χ4v) is 5.15. The second-order valence-electron chi connectivity index (χ2n) is 13.1. The largest absolute Gasteiger partial charge is 0.481 e. The number of primary amides is 1. The summed E-state index contributed by atoms with van der Waals surface area (Å²) in [6, 6.07) is 3.01. The SMILES string of the molecule is NC(=O)NCCC[C@H](NC(=O)CNC(=O)[C@H](CCC(=O)O)NC(=O)CNC(=O)CCOCCOCCOCCOCCN1C(=O)C=CC1=O)C(=O)Nc1ccc(COC=O)cc1. The zero-order valence-corrected chi connectivity index (χ0v) is 34.0. The first kappa shape index (κ1) is 51.6. The third-order valence-electron chi connectivity index (χ3n) is 8.28. The summed E-state index contributed by atoms with van der Waals surface area (Å²) < 4.78 is 26.1. The summed E-state index contributed by atoms with van der Waals surface area (Å²) in [5.74, 6) is -5.68. The predicted molar refractivity (Wildman–Crippen MR) is 213 cm³/mol. The number of nitrogens with zero attached hydrogens (tertiary/aromatic N) is 1. The Labute approximate surface area is 356 Å². The Kier molecular flexibility index (Phi) is 25.4. The lowest BCUT2D eigenvalue weighted by atomic mass is 10.1. The number of carbonyl (C=O) groups is 10.